The number of nitrogens with one attached hydrogen (secondary N) is 1. The summed E-state index contributed by atoms with van der Waals surface area (Å²) in [5.74, 6) is -1.43. The average molecular weight is 295 g/mol. The zero-order valence-electron chi connectivity index (χ0n) is 9.97. The largest absolute Gasteiger partial charge is 0.322 e. The predicted molar refractivity (Wildman–Crippen MR) is 72.5 cm³/mol. The van der Waals surface area contributed by atoms with Gasteiger partial charge in [0.15, 0.2) is 0 Å². The van der Waals surface area contributed by atoms with Crippen molar-refractivity contribution in [3.05, 3.63) is 69.0 Å². The number of anilines is 1. The van der Waals surface area contributed by atoms with E-state index in [0.717, 1.165) is 12.1 Å². The number of halogens is 2. The molecular formula is C13H8ClFN2O3. The van der Waals surface area contributed by atoms with Crippen LogP contribution in [0.3, 0.4) is 0 Å². The number of nitro benzene ring substituents is 1. The van der Waals surface area contributed by atoms with Gasteiger partial charge in [-0.15, -0.1) is 0 Å². The summed E-state index contributed by atoms with van der Waals surface area (Å²) in [5.41, 5.74) is -0.224. The lowest BCUT2D eigenvalue weighted by Crippen LogP contribution is -2.12. The number of amides is 1. The van der Waals surface area contributed by atoms with Crippen LogP contribution in [-0.2, 0) is 0 Å². The Morgan fingerprint density at radius 2 is 1.85 bits per heavy atom. The van der Waals surface area contributed by atoms with E-state index < -0.39 is 22.3 Å². The maximum atomic E-state index is 13.2. The second kappa shape index (κ2) is 5.66. The molecule has 0 spiro atoms. The van der Waals surface area contributed by atoms with Gasteiger partial charge in [0.2, 0.25) is 5.82 Å². The lowest BCUT2D eigenvalue weighted by Gasteiger charge is -2.05. The molecule has 0 aliphatic carbocycles. The van der Waals surface area contributed by atoms with Crippen LogP contribution < -0.4 is 5.32 Å². The van der Waals surface area contributed by atoms with Gasteiger partial charge in [0.25, 0.3) is 5.91 Å². The van der Waals surface area contributed by atoms with E-state index in [1.54, 1.807) is 12.1 Å². The van der Waals surface area contributed by atoms with Crippen molar-refractivity contribution in [2.75, 3.05) is 5.32 Å². The number of hydrogen-bond acceptors (Lipinski definition) is 3. The summed E-state index contributed by atoms with van der Waals surface area (Å²) in [6.45, 7) is 0. The Balaban J connectivity index is 2.21. The summed E-state index contributed by atoms with van der Waals surface area (Å²) < 4.78 is 13.2. The molecule has 0 aliphatic rings. The highest BCUT2D eigenvalue weighted by molar-refractivity contribution is 6.30. The lowest BCUT2D eigenvalue weighted by molar-refractivity contribution is -0.387. The number of carbonyl (C=O) groups excluding carboxylic acids is 1. The van der Waals surface area contributed by atoms with Crippen LogP contribution in [0.5, 0.6) is 0 Å². The third kappa shape index (κ3) is 3.10. The van der Waals surface area contributed by atoms with E-state index in [4.69, 9.17) is 11.6 Å². The molecule has 2 aromatic rings. The molecule has 2 aromatic carbocycles. The molecule has 0 fully saturated rings. The van der Waals surface area contributed by atoms with Crippen molar-refractivity contribution in [3.63, 3.8) is 0 Å². The smallest absolute Gasteiger partial charge is 0.306 e. The molecule has 0 aromatic heterocycles. The Labute approximate surface area is 118 Å². The van der Waals surface area contributed by atoms with E-state index in [1.165, 1.54) is 18.2 Å². The first-order valence-electron chi connectivity index (χ1n) is 5.48. The van der Waals surface area contributed by atoms with E-state index in [-0.39, 0.29) is 5.69 Å². The van der Waals surface area contributed by atoms with Crippen LogP contribution in [0.4, 0.5) is 15.8 Å². The summed E-state index contributed by atoms with van der Waals surface area (Å²) in [7, 11) is 0. The molecule has 0 unspecified atom stereocenters. The highest BCUT2D eigenvalue weighted by Gasteiger charge is 2.15. The van der Waals surface area contributed by atoms with Gasteiger partial charge >= 0.3 is 5.69 Å². The van der Waals surface area contributed by atoms with Gasteiger partial charge in [-0.25, -0.2) is 0 Å². The molecule has 0 heterocycles. The van der Waals surface area contributed by atoms with E-state index >= 15 is 0 Å². The molecule has 0 bridgehead atoms. The first-order chi connectivity index (χ1) is 9.47. The van der Waals surface area contributed by atoms with Crippen molar-refractivity contribution in [3.8, 4) is 0 Å². The van der Waals surface area contributed by atoms with Crippen LogP contribution in [0.15, 0.2) is 42.5 Å². The molecule has 1 amide bonds. The number of rotatable bonds is 3. The molecular weight excluding hydrogens is 287 g/mol. The van der Waals surface area contributed by atoms with Crippen molar-refractivity contribution >= 4 is 28.9 Å². The third-order valence-electron chi connectivity index (χ3n) is 2.51. The minimum atomic E-state index is -0.959. The molecule has 0 saturated carbocycles. The molecule has 5 nitrogen and oxygen atoms in total. The van der Waals surface area contributed by atoms with Crippen LogP contribution in [0.25, 0.3) is 0 Å². The lowest BCUT2D eigenvalue weighted by atomic mass is 10.2. The molecule has 7 heteroatoms. The topological polar surface area (TPSA) is 72.2 Å². The van der Waals surface area contributed by atoms with Gasteiger partial charge in [-0.1, -0.05) is 11.6 Å². The third-order valence-corrected chi connectivity index (χ3v) is 2.76. The molecule has 1 N–H and O–H groups in total. The van der Waals surface area contributed by atoms with Crippen molar-refractivity contribution in [2.24, 2.45) is 0 Å². The highest BCUT2D eigenvalue weighted by Crippen LogP contribution is 2.22. The fourth-order valence-electron chi connectivity index (χ4n) is 1.53. The van der Waals surface area contributed by atoms with Crippen molar-refractivity contribution in [1.82, 2.24) is 0 Å². The monoisotopic (exact) mass is 294 g/mol. The molecule has 20 heavy (non-hydrogen) atoms. The summed E-state index contributed by atoms with van der Waals surface area (Å²) in [6, 6.07) is 9.24. The zero-order valence-corrected chi connectivity index (χ0v) is 10.7. The second-order valence-electron chi connectivity index (χ2n) is 3.88. The molecule has 0 atom stereocenters. The summed E-state index contributed by atoms with van der Waals surface area (Å²) >= 11 is 5.70. The van der Waals surface area contributed by atoms with Gasteiger partial charge in [0, 0.05) is 22.3 Å². The number of nitrogens with zero attached hydrogens (tertiary/aromatic N) is 1. The van der Waals surface area contributed by atoms with Gasteiger partial charge in [-0.05, 0) is 36.4 Å². The van der Waals surface area contributed by atoms with Gasteiger partial charge in [-0.2, -0.15) is 4.39 Å². The van der Waals surface area contributed by atoms with Crippen molar-refractivity contribution < 1.29 is 14.1 Å². The van der Waals surface area contributed by atoms with Gasteiger partial charge in [0.1, 0.15) is 0 Å². The number of nitro groups is 1. The first kappa shape index (κ1) is 14.0. The molecule has 0 saturated heterocycles. The summed E-state index contributed by atoms with van der Waals surface area (Å²) in [4.78, 5) is 21.6. The van der Waals surface area contributed by atoms with Gasteiger partial charge < -0.3 is 5.32 Å². The van der Waals surface area contributed by atoms with Crippen molar-refractivity contribution in [2.45, 2.75) is 0 Å². The van der Waals surface area contributed by atoms with Gasteiger partial charge in [0.05, 0.1) is 4.92 Å². The quantitative estimate of drug-likeness (QED) is 0.694. The summed E-state index contributed by atoms with van der Waals surface area (Å²) in [6.07, 6.45) is 0. The van der Waals surface area contributed by atoms with Crippen LogP contribution >= 0.6 is 11.6 Å². The normalized spacial score (nSPS) is 10.1. The maximum Gasteiger partial charge on any atom is 0.306 e. The number of hydrogen-bond donors (Lipinski definition) is 1. The Hall–Kier alpha value is -2.47. The van der Waals surface area contributed by atoms with Crippen LogP contribution in [-0.4, -0.2) is 10.8 Å². The van der Waals surface area contributed by atoms with E-state index in [0.29, 0.717) is 10.6 Å². The molecule has 0 aliphatic heterocycles. The maximum absolute atomic E-state index is 13.2. The Morgan fingerprint density at radius 1 is 1.20 bits per heavy atom. The van der Waals surface area contributed by atoms with Crippen LogP contribution in [0.1, 0.15) is 10.4 Å². The number of benzene rings is 2. The van der Waals surface area contributed by atoms with Crippen molar-refractivity contribution in [1.29, 1.82) is 0 Å². The first-order valence-corrected chi connectivity index (χ1v) is 5.86. The van der Waals surface area contributed by atoms with E-state index in [2.05, 4.69) is 5.32 Å². The number of carbonyl (C=O) groups is 1. The Bertz CT molecular complexity index is 674. The average Bonchev–Trinajstić information content (AvgIpc) is 2.41. The minimum absolute atomic E-state index is 0.137. The standard InChI is InChI=1S/C13H8ClFN2O3/c14-9-3-1-8(2-4-9)13(18)16-10-5-6-11(15)12(7-10)17(19)20/h1-7H,(H,16,18). The van der Waals surface area contributed by atoms with Gasteiger partial charge in [-0.3, -0.25) is 14.9 Å². The predicted octanol–water partition coefficient (Wildman–Crippen LogP) is 3.64. The Morgan fingerprint density at radius 3 is 2.45 bits per heavy atom. The molecule has 102 valence electrons. The second-order valence-corrected chi connectivity index (χ2v) is 4.32. The SMILES string of the molecule is O=C(Nc1ccc(F)c([N+](=O)[O-])c1)c1ccc(Cl)cc1. The summed E-state index contributed by atoms with van der Waals surface area (Å²) in [5, 5.41) is 13.5. The zero-order chi connectivity index (χ0) is 14.7. The molecule has 0 radical (unpaired) electrons. The van der Waals surface area contributed by atoms with Crippen LogP contribution in [0.2, 0.25) is 5.02 Å². The fourth-order valence-corrected chi connectivity index (χ4v) is 1.66. The van der Waals surface area contributed by atoms with Crippen LogP contribution in [0, 0.1) is 15.9 Å². The minimum Gasteiger partial charge on any atom is -0.322 e. The highest BCUT2D eigenvalue weighted by atomic mass is 35.5. The van der Waals surface area contributed by atoms with E-state index in [1.807, 2.05) is 0 Å². The van der Waals surface area contributed by atoms with E-state index in [9.17, 15) is 19.3 Å². The molecule has 2 rings (SSSR count). The Kier molecular flexibility index (Phi) is 3.95. The fraction of sp³-hybridized carbons (Fsp3) is 0.